The molecule has 0 aliphatic heterocycles. The molecule has 122 valence electrons. The lowest BCUT2D eigenvalue weighted by Crippen LogP contribution is -2.13. The van der Waals surface area contributed by atoms with E-state index in [1.54, 1.807) is 24.3 Å². The molecule has 1 amide bonds. The van der Waals surface area contributed by atoms with Gasteiger partial charge in [-0.05, 0) is 65.3 Å². The third kappa shape index (κ3) is 4.48. The highest BCUT2D eigenvalue weighted by Crippen LogP contribution is 2.34. The van der Waals surface area contributed by atoms with Gasteiger partial charge in [0.15, 0.2) is 0 Å². The van der Waals surface area contributed by atoms with Crippen LogP contribution < -0.4 is 10.1 Å². The summed E-state index contributed by atoms with van der Waals surface area (Å²) in [6, 6.07) is 9.41. The first-order valence-corrected chi connectivity index (χ1v) is 7.51. The van der Waals surface area contributed by atoms with Crippen molar-refractivity contribution in [3.05, 3.63) is 58.1 Å². The maximum atomic E-state index is 12.7. The van der Waals surface area contributed by atoms with E-state index < -0.39 is 17.6 Å². The molecule has 0 unspecified atom stereocenters. The molecule has 0 bridgehead atoms. The summed E-state index contributed by atoms with van der Waals surface area (Å²) in [6.45, 7) is 2.34. The van der Waals surface area contributed by atoms with Gasteiger partial charge in [-0.1, -0.05) is 0 Å². The van der Waals surface area contributed by atoms with E-state index in [2.05, 4.69) is 21.2 Å². The molecule has 0 aliphatic carbocycles. The number of halogens is 4. The highest BCUT2D eigenvalue weighted by atomic mass is 79.9. The average molecular weight is 388 g/mol. The van der Waals surface area contributed by atoms with Crippen molar-refractivity contribution in [2.45, 2.75) is 13.1 Å². The Morgan fingerprint density at radius 1 is 1.17 bits per heavy atom. The Labute approximate surface area is 139 Å². The van der Waals surface area contributed by atoms with Crippen LogP contribution in [0.4, 0.5) is 18.9 Å². The third-order valence-electron chi connectivity index (χ3n) is 2.97. The van der Waals surface area contributed by atoms with E-state index >= 15 is 0 Å². The maximum absolute atomic E-state index is 12.7. The monoisotopic (exact) mass is 387 g/mol. The summed E-state index contributed by atoms with van der Waals surface area (Å²) in [6.07, 6.45) is -4.47. The van der Waals surface area contributed by atoms with Gasteiger partial charge in [-0.2, -0.15) is 13.2 Å². The molecule has 2 aromatic rings. The lowest BCUT2D eigenvalue weighted by molar-refractivity contribution is -0.137. The fraction of sp³-hybridized carbons (Fsp3) is 0.188. The zero-order valence-electron chi connectivity index (χ0n) is 12.1. The van der Waals surface area contributed by atoms with E-state index in [0.29, 0.717) is 22.4 Å². The molecule has 0 atom stereocenters. The molecule has 23 heavy (non-hydrogen) atoms. The van der Waals surface area contributed by atoms with Crippen LogP contribution in [0.5, 0.6) is 5.75 Å². The smallest absolute Gasteiger partial charge is 0.416 e. The molecular weight excluding hydrogens is 375 g/mol. The molecule has 2 rings (SSSR count). The molecule has 0 fully saturated rings. The van der Waals surface area contributed by atoms with Crippen LogP contribution >= 0.6 is 15.9 Å². The highest BCUT2D eigenvalue weighted by molar-refractivity contribution is 9.10. The summed E-state index contributed by atoms with van der Waals surface area (Å²) in [7, 11) is 0. The summed E-state index contributed by atoms with van der Waals surface area (Å²) in [4.78, 5) is 12.1. The molecule has 0 saturated carbocycles. The Kier molecular flexibility index (Phi) is 5.30. The van der Waals surface area contributed by atoms with Crippen LogP contribution in [0.3, 0.4) is 0 Å². The van der Waals surface area contributed by atoms with E-state index in [0.717, 1.165) is 12.1 Å². The third-order valence-corrected chi connectivity index (χ3v) is 3.66. The van der Waals surface area contributed by atoms with Gasteiger partial charge in [-0.15, -0.1) is 0 Å². The Hall–Kier alpha value is -2.02. The van der Waals surface area contributed by atoms with Crippen molar-refractivity contribution in [1.82, 2.24) is 0 Å². The Balaban J connectivity index is 2.19. The number of carbonyl (C=O) groups excluding carboxylic acids is 1. The second-order valence-corrected chi connectivity index (χ2v) is 5.46. The summed E-state index contributed by atoms with van der Waals surface area (Å²) >= 11 is 3.13. The van der Waals surface area contributed by atoms with Crippen molar-refractivity contribution >= 4 is 27.5 Å². The normalized spacial score (nSPS) is 11.2. The predicted molar refractivity (Wildman–Crippen MR) is 84.7 cm³/mol. The van der Waals surface area contributed by atoms with E-state index in [9.17, 15) is 18.0 Å². The van der Waals surface area contributed by atoms with Crippen LogP contribution in [0.1, 0.15) is 22.8 Å². The first-order chi connectivity index (χ1) is 10.8. The van der Waals surface area contributed by atoms with Gasteiger partial charge < -0.3 is 10.1 Å². The quantitative estimate of drug-likeness (QED) is 0.790. The fourth-order valence-electron chi connectivity index (χ4n) is 1.86. The van der Waals surface area contributed by atoms with Gasteiger partial charge in [0.1, 0.15) is 5.75 Å². The number of amides is 1. The first kappa shape index (κ1) is 17.3. The summed E-state index contributed by atoms with van der Waals surface area (Å²) in [5, 5.41) is 2.46. The molecular formula is C16H13BrF3NO2. The molecule has 2 aromatic carbocycles. The molecule has 3 nitrogen and oxygen atoms in total. The standard InChI is InChI=1S/C16H13BrF3NO2/c1-2-23-12-6-3-10(4-7-12)15(22)21-14-9-11(16(18,19)20)5-8-13(14)17/h3-9H,2H2,1H3,(H,21,22). The lowest BCUT2D eigenvalue weighted by atomic mass is 10.1. The first-order valence-electron chi connectivity index (χ1n) is 6.72. The van der Waals surface area contributed by atoms with E-state index in [1.807, 2.05) is 6.92 Å². The van der Waals surface area contributed by atoms with E-state index in [4.69, 9.17) is 4.74 Å². The lowest BCUT2D eigenvalue weighted by Gasteiger charge is -2.12. The van der Waals surface area contributed by atoms with Crippen LogP contribution in [0.2, 0.25) is 0 Å². The van der Waals surface area contributed by atoms with Crippen molar-refractivity contribution < 1.29 is 22.7 Å². The zero-order chi connectivity index (χ0) is 17.0. The molecule has 1 N–H and O–H groups in total. The zero-order valence-corrected chi connectivity index (χ0v) is 13.7. The maximum Gasteiger partial charge on any atom is 0.416 e. The van der Waals surface area contributed by atoms with Gasteiger partial charge in [0, 0.05) is 10.0 Å². The molecule has 0 spiro atoms. The van der Waals surface area contributed by atoms with Crippen molar-refractivity contribution in [2.75, 3.05) is 11.9 Å². The molecule has 0 saturated heterocycles. The number of alkyl halides is 3. The Morgan fingerprint density at radius 2 is 1.83 bits per heavy atom. The number of benzene rings is 2. The van der Waals surface area contributed by atoms with Gasteiger partial charge in [0.2, 0.25) is 0 Å². The van der Waals surface area contributed by atoms with Crippen LogP contribution in [0.25, 0.3) is 0 Å². The second kappa shape index (κ2) is 7.04. The van der Waals surface area contributed by atoms with Crippen LogP contribution in [0.15, 0.2) is 46.9 Å². The van der Waals surface area contributed by atoms with Crippen LogP contribution in [-0.2, 0) is 6.18 Å². The number of carbonyl (C=O) groups is 1. The minimum atomic E-state index is -4.47. The van der Waals surface area contributed by atoms with Crippen molar-refractivity contribution in [2.24, 2.45) is 0 Å². The second-order valence-electron chi connectivity index (χ2n) is 4.60. The predicted octanol–water partition coefficient (Wildman–Crippen LogP) is 5.12. The minimum absolute atomic E-state index is 0.0544. The molecule has 0 aliphatic rings. The topological polar surface area (TPSA) is 38.3 Å². The van der Waals surface area contributed by atoms with Crippen LogP contribution in [0, 0.1) is 0 Å². The van der Waals surface area contributed by atoms with Gasteiger partial charge >= 0.3 is 6.18 Å². The van der Waals surface area contributed by atoms with E-state index in [-0.39, 0.29) is 5.69 Å². The highest BCUT2D eigenvalue weighted by Gasteiger charge is 2.31. The minimum Gasteiger partial charge on any atom is -0.494 e. The number of ether oxygens (including phenoxy) is 1. The number of hydrogen-bond acceptors (Lipinski definition) is 2. The van der Waals surface area contributed by atoms with E-state index in [1.165, 1.54) is 6.07 Å². The Morgan fingerprint density at radius 3 is 2.39 bits per heavy atom. The SMILES string of the molecule is CCOc1ccc(C(=O)Nc2cc(C(F)(F)F)ccc2Br)cc1. The van der Waals surface area contributed by atoms with Gasteiger partial charge in [-0.25, -0.2) is 0 Å². The summed E-state index contributed by atoms with van der Waals surface area (Å²) < 4.78 is 43.8. The molecule has 7 heteroatoms. The van der Waals surface area contributed by atoms with Gasteiger partial charge in [-0.3, -0.25) is 4.79 Å². The van der Waals surface area contributed by atoms with Crippen molar-refractivity contribution in [3.8, 4) is 5.75 Å². The Bertz CT molecular complexity index is 699. The van der Waals surface area contributed by atoms with Crippen molar-refractivity contribution in [3.63, 3.8) is 0 Å². The molecule has 0 heterocycles. The number of hydrogen-bond donors (Lipinski definition) is 1. The molecule has 0 radical (unpaired) electrons. The molecule has 0 aromatic heterocycles. The number of nitrogens with one attached hydrogen (secondary N) is 1. The van der Waals surface area contributed by atoms with Gasteiger partial charge in [0.25, 0.3) is 5.91 Å². The fourth-order valence-corrected chi connectivity index (χ4v) is 2.21. The number of rotatable bonds is 4. The number of anilines is 1. The van der Waals surface area contributed by atoms with Crippen LogP contribution in [-0.4, -0.2) is 12.5 Å². The van der Waals surface area contributed by atoms with Crippen molar-refractivity contribution in [1.29, 1.82) is 0 Å². The summed E-state index contributed by atoms with van der Waals surface area (Å²) in [5.74, 6) is 0.109. The van der Waals surface area contributed by atoms with Gasteiger partial charge in [0.05, 0.1) is 17.9 Å². The average Bonchev–Trinajstić information content (AvgIpc) is 2.49. The summed E-state index contributed by atoms with van der Waals surface area (Å²) in [5.41, 5.74) is -0.459. The largest absolute Gasteiger partial charge is 0.494 e.